The Morgan fingerprint density at radius 2 is 0.864 bits per heavy atom. The van der Waals surface area contributed by atoms with Crippen molar-refractivity contribution in [2.45, 2.75) is 33.1 Å². The molecule has 1 heterocycles. The summed E-state index contributed by atoms with van der Waals surface area (Å²) in [6.07, 6.45) is 7.51. The molecule has 0 spiro atoms. The number of aliphatic imine (C=N–C) groups is 1. The second kappa shape index (κ2) is 35.8. The molecule has 4 heteroatoms. The van der Waals surface area contributed by atoms with Crippen LogP contribution in [0.25, 0.3) is 0 Å². The van der Waals surface area contributed by atoms with Gasteiger partial charge in [0.25, 0.3) is 5.91 Å². The fraction of sp³-hybridized carbons (Fsp3) is 0.164. The number of terminal acetylenes is 1. The predicted molar refractivity (Wildman–Crippen MR) is 233 cm³/mol. The number of rotatable bonds is 6. The Kier molecular flexibility index (Phi) is 28.2. The maximum Gasteiger partial charge on any atom is 0.296 e. The predicted octanol–water partition coefficient (Wildman–Crippen LogP) is 1.20. The minimum absolute atomic E-state index is 0.416. The minimum atomic E-state index is -0.416. The van der Waals surface area contributed by atoms with E-state index in [4.69, 9.17) is 6.42 Å². The second-order valence-corrected chi connectivity index (χ2v) is 9.67. The molecule has 59 heavy (non-hydrogen) atoms. The number of nitrogens with zero attached hydrogens (tertiary/aromatic N) is 2. The van der Waals surface area contributed by atoms with Crippen LogP contribution in [0.3, 0.4) is 0 Å². The van der Waals surface area contributed by atoms with E-state index in [1.165, 1.54) is 0 Å². The van der Waals surface area contributed by atoms with Crippen LogP contribution >= 0.6 is 0 Å². The van der Waals surface area contributed by atoms with E-state index in [-0.39, 0.29) is 0 Å². The van der Waals surface area contributed by atoms with Gasteiger partial charge in [-0.3, -0.25) is 4.79 Å². The standard InChI is InChI=1S/C55H21N3O/c1-4-6-8-10-12-14-16-18-20-22-24-25-26-27-28-30-32-34-36-38-40-42-46-51-58(53-50-56-54(58)3)52-47-43-45-49-57-55(59)48-44-41-39-37-35-33-31-29-23-21-19-17-15-13-11-9-7-5-2/h2H,43,45,47,49-50,52-53H2,1,3H3/p+1. The molecule has 1 N–H and O–H groups in total. The normalized spacial score (nSPS) is 9.47. The van der Waals surface area contributed by atoms with E-state index in [1.807, 2.05) is 6.92 Å². The highest BCUT2D eigenvalue weighted by molar-refractivity contribution is 5.94. The average molecular weight is 741 g/mol. The fourth-order valence-corrected chi connectivity index (χ4v) is 3.49. The summed E-state index contributed by atoms with van der Waals surface area (Å²) >= 11 is 0. The van der Waals surface area contributed by atoms with Crippen molar-refractivity contribution in [3.8, 4) is 261 Å². The van der Waals surface area contributed by atoms with Crippen LogP contribution in [0.2, 0.25) is 0 Å². The summed E-state index contributed by atoms with van der Waals surface area (Å²) in [5.41, 5.74) is 0. The van der Waals surface area contributed by atoms with Gasteiger partial charge >= 0.3 is 0 Å². The van der Waals surface area contributed by atoms with Gasteiger partial charge in [-0.05, 0) is 168 Å². The molecule has 0 saturated heterocycles. The third-order valence-electron chi connectivity index (χ3n) is 5.90. The van der Waals surface area contributed by atoms with Crippen LogP contribution in [0.15, 0.2) is 4.99 Å². The van der Waals surface area contributed by atoms with Crippen molar-refractivity contribution in [3.05, 3.63) is 0 Å². The Balaban J connectivity index is 2.46. The van der Waals surface area contributed by atoms with Gasteiger partial charge in [-0.15, -0.1) is 6.42 Å². The van der Waals surface area contributed by atoms with Crippen LogP contribution in [0, 0.1) is 261 Å². The number of amidine groups is 1. The highest BCUT2D eigenvalue weighted by Crippen LogP contribution is 2.16. The van der Waals surface area contributed by atoms with Crippen molar-refractivity contribution in [2.75, 3.05) is 26.2 Å². The van der Waals surface area contributed by atoms with E-state index in [0.717, 1.165) is 38.2 Å². The van der Waals surface area contributed by atoms with Crippen LogP contribution in [0.4, 0.5) is 0 Å². The van der Waals surface area contributed by atoms with Gasteiger partial charge in [-0.2, -0.15) is 0 Å². The first-order valence-electron chi connectivity index (χ1n) is 16.7. The summed E-state index contributed by atoms with van der Waals surface area (Å²) in [5, 5.41) is 2.76. The van der Waals surface area contributed by atoms with Gasteiger partial charge in [0.15, 0.2) is 6.04 Å². The molecular formula is C55H22N3O+. The molecule has 0 bridgehead atoms. The van der Waals surface area contributed by atoms with E-state index < -0.39 is 5.91 Å². The lowest BCUT2D eigenvalue weighted by Crippen LogP contribution is -2.46. The Morgan fingerprint density at radius 3 is 1.22 bits per heavy atom. The molecule has 0 fully saturated rings. The summed E-state index contributed by atoms with van der Waals surface area (Å²) in [4.78, 5) is 16.5. The molecule has 4 nitrogen and oxygen atoms in total. The zero-order valence-electron chi connectivity index (χ0n) is 31.8. The lowest BCUT2D eigenvalue weighted by atomic mass is 10.2. The highest BCUT2D eigenvalue weighted by Gasteiger charge is 2.34. The van der Waals surface area contributed by atoms with Gasteiger partial charge in [0, 0.05) is 108 Å². The number of unbranched alkanes of at least 4 members (excludes halogenated alkanes) is 2. The Hall–Kier alpha value is -10.6. The molecule has 0 radical (unpaired) electrons. The molecule has 0 aromatic carbocycles. The summed E-state index contributed by atoms with van der Waals surface area (Å²) in [7, 11) is 0. The van der Waals surface area contributed by atoms with Gasteiger partial charge in [-0.1, -0.05) is 5.92 Å². The number of nitrogens with one attached hydrogen (secondary N) is 1. The smallest absolute Gasteiger partial charge is 0.296 e. The van der Waals surface area contributed by atoms with Crippen molar-refractivity contribution >= 4 is 11.7 Å². The van der Waals surface area contributed by atoms with Gasteiger partial charge in [0.05, 0.1) is 19.0 Å². The van der Waals surface area contributed by atoms with Crippen LogP contribution in [0.5, 0.6) is 0 Å². The average Bonchev–Trinajstić information content (AvgIpc) is 3.60. The number of quaternary nitrogens is 1. The monoisotopic (exact) mass is 740 g/mol. The maximum absolute atomic E-state index is 12.0. The molecular weight excluding hydrogens is 719 g/mol. The van der Waals surface area contributed by atoms with Crippen molar-refractivity contribution in [1.29, 1.82) is 0 Å². The number of hydrogen-bond acceptors (Lipinski definition) is 2. The van der Waals surface area contributed by atoms with Crippen molar-refractivity contribution in [1.82, 2.24) is 5.32 Å². The summed E-state index contributed by atoms with van der Waals surface area (Å²) in [6, 6.07) is 3.24. The molecule has 0 aromatic rings. The van der Waals surface area contributed by atoms with E-state index >= 15 is 0 Å². The zero-order valence-corrected chi connectivity index (χ0v) is 31.8. The third kappa shape index (κ3) is 28.7. The van der Waals surface area contributed by atoms with Crippen LogP contribution in [-0.4, -0.2) is 42.4 Å². The van der Waals surface area contributed by atoms with Gasteiger partial charge < -0.3 is 5.32 Å². The SMILES string of the molecule is C#CC#CC#CC#CC#CC#CC#CC#CC#CC#CC(=O)NCCCCC[N+]1(C#CC#CC#CC#CC#CC#CC#CC#CC#CC#CC#CC#CC)CCN=C1C. The Morgan fingerprint density at radius 1 is 0.508 bits per heavy atom. The molecule has 262 valence electrons. The zero-order chi connectivity index (χ0) is 42.4. The molecule has 0 aliphatic carbocycles. The van der Waals surface area contributed by atoms with Crippen LogP contribution in [-0.2, 0) is 4.79 Å². The van der Waals surface area contributed by atoms with Crippen LogP contribution in [0.1, 0.15) is 33.1 Å². The van der Waals surface area contributed by atoms with Gasteiger partial charge in [-0.25, -0.2) is 9.48 Å². The first kappa shape index (κ1) is 46.4. The van der Waals surface area contributed by atoms with Gasteiger partial charge in [0.2, 0.25) is 5.84 Å². The third-order valence-corrected chi connectivity index (χ3v) is 5.90. The Labute approximate surface area is 350 Å². The lowest BCUT2D eigenvalue weighted by Gasteiger charge is -2.25. The second-order valence-electron chi connectivity index (χ2n) is 9.67. The molecule has 1 unspecified atom stereocenters. The molecule has 1 atom stereocenters. The number of carbonyl (C=O) groups is 1. The first-order chi connectivity index (χ1) is 29.1. The summed E-state index contributed by atoms with van der Waals surface area (Å²) in [6.45, 7) is 6.42. The quantitative estimate of drug-likeness (QED) is 0.249. The Bertz CT molecular complexity index is 3180. The van der Waals surface area contributed by atoms with E-state index in [1.54, 1.807) is 6.92 Å². The van der Waals surface area contributed by atoms with E-state index in [2.05, 4.69) is 265 Å². The summed E-state index contributed by atoms with van der Waals surface area (Å²) < 4.78 is 0.454. The molecule has 0 aromatic heterocycles. The highest BCUT2D eigenvalue weighted by atomic mass is 16.1. The molecule has 1 rings (SSSR count). The number of hydrogen-bond donors (Lipinski definition) is 1. The molecule has 1 aliphatic rings. The van der Waals surface area contributed by atoms with Crippen molar-refractivity contribution in [3.63, 3.8) is 0 Å². The minimum Gasteiger partial charge on any atom is -0.345 e. The lowest BCUT2D eigenvalue weighted by molar-refractivity contribution is -0.765. The molecule has 0 saturated carbocycles. The molecule has 1 aliphatic heterocycles. The summed E-state index contributed by atoms with van der Waals surface area (Å²) in [5.74, 6) is 106. The first-order valence-corrected chi connectivity index (χ1v) is 16.7. The van der Waals surface area contributed by atoms with E-state index in [9.17, 15) is 4.79 Å². The van der Waals surface area contributed by atoms with Crippen LogP contribution < -0.4 is 5.32 Å². The largest absolute Gasteiger partial charge is 0.345 e. The maximum atomic E-state index is 12.0. The van der Waals surface area contributed by atoms with Crippen molar-refractivity contribution < 1.29 is 9.28 Å². The molecule has 1 amide bonds. The van der Waals surface area contributed by atoms with Gasteiger partial charge in [0.1, 0.15) is 6.54 Å². The number of carbonyl (C=O) groups excluding carboxylic acids is 1. The topological polar surface area (TPSA) is 41.5 Å². The van der Waals surface area contributed by atoms with E-state index in [0.29, 0.717) is 17.6 Å². The fourth-order valence-electron chi connectivity index (χ4n) is 3.49. The van der Waals surface area contributed by atoms with Crippen molar-refractivity contribution in [2.24, 2.45) is 4.99 Å². The number of amides is 1.